The van der Waals surface area contributed by atoms with Crippen LogP contribution >= 0.6 is 11.3 Å². The molecule has 0 aliphatic rings. The summed E-state index contributed by atoms with van der Waals surface area (Å²) >= 11 is 1.08. The molecule has 0 spiro atoms. The van der Waals surface area contributed by atoms with E-state index in [0.717, 1.165) is 16.9 Å². The van der Waals surface area contributed by atoms with E-state index in [4.69, 9.17) is 0 Å². The third-order valence-corrected chi connectivity index (χ3v) is 5.98. The highest BCUT2D eigenvalue weighted by Crippen LogP contribution is 2.22. The first kappa shape index (κ1) is 16.5. The standard InChI is InChI=1S/C14H16N2O4S2/c1-9-3-5-12(17)11(7-9)14(18)16-8-10-4-6-13(21-10)22(19,20)15-2/h3-7,15,17H,8H2,1-2H3,(H,16,18). The van der Waals surface area contributed by atoms with Crippen LogP contribution < -0.4 is 10.0 Å². The van der Waals surface area contributed by atoms with E-state index in [-0.39, 0.29) is 22.1 Å². The Bertz CT molecular complexity index is 797. The van der Waals surface area contributed by atoms with Gasteiger partial charge in [-0.25, -0.2) is 13.1 Å². The zero-order valence-corrected chi connectivity index (χ0v) is 13.7. The highest BCUT2D eigenvalue weighted by atomic mass is 32.2. The summed E-state index contributed by atoms with van der Waals surface area (Å²) in [6, 6.07) is 7.90. The third kappa shape index (κ3) is 3.65. The summed E-state index contributed by atoms with van der Waals surface area (Å²) in [6.07, 6.45) is 0. The maximum Gasteiger partial charge on any atom is 0.255 e. The van der Waals surface area contributed by atoms with Crippen LogP contribution in [0, 0.1) is 6.92 Å². The monoisotopic (exact) mass is 340 g/mol. The Hall–Kier alpha value is -1.90. The molecule has 8 heteroatoms. The molecule has 0 atom stereocenters. The molecule has 0 unspecified atom stereocenters. The van der Waals surface area contributed by atoms with Crippen LogP contribution in [-0.2, 0) is 16.6 Å². The molecular formula is C14H16N2O4S2. The lowest BCUT2D eigenvalue weighted by Gasteiger charge is -2.06. The molecule has 0 saturated heterocycles. The van der Waals surface area contributed by atoms with Crippen molar-refractivity contribution in [2.24, 2.45) is 0 Å². The Morgan fingerprint density at radius 1 is 1.27 bits per heavy atom. The van der Waals surface area contributed by atoms with E-state index in [1.54, 1.807) is 18.2 Å². The van der Waals surface area contributed by atoms with E-state index in [1.165, 1.54) is 19.2 Å². The molecule has 6 nitrogen and oxygen atoms in total. The number of sulfonamides is 1. The van der Waals surface area contributed by atoms with Crippen molar-refractivity contribution in [2.75, 3.05) is 7.05 Å². The minimum Gasteiger partial charge on any atom is -0.507 e. The molecule has 0 bridgehead atoms. The summed E-state index contributed by atoms with van der Waals surface area (Å²) in [7, 11) is -2.12. The van der Waals surface area contributed by atoms with Crippen LogP contribution in [0.2, 0.25) is 0 Å². The SMILES string of the molecule is CNS(=O)(=O)c1ccc(CNC(=O)c2cc(C)ccc2O)s1. The van der Waals surface area contributed by atoms with E-state index in [0.29, 0.717) is 4.88 Å². The molecule has 118 valence electrons. The van der Waals surface area contributed by atoms with E-state index in [1.807, 2.05) is 6.92 Å². The number of hydrogen-bond donors (Lipinski definition) is 3. The zero-order valence-electron chi connectivity index (χ0n) is 12.1. The molecule has 2 rings (SSSR count). The Morgan fingerprint density at radius 3 is 2.68 bits per heavy atom. The fourth-order valence-electron chi connectivity index (χ4n) is 1.79. The average molecular weight is 340 g/mol. The number of carbonyl (C=O) groups excluding carboxylic acids is 1. The van der Waals surface area contributed by atoms with Crippen molar-refractivity contribution in [3.63, 3.8) is 0 Å². The predicted molar refractivity (Wildman–Crippen MR) is 84.6 cm³/mol. The number of nitrogens with one attached hydrogen (secondary N) is 2. The Kier molecular flexibility index (Phi) is 4.84. The molecule has 2 aromatic rings. The maximum atomic E-state index is 12.1. The highest BCUT2D eigenvalue weighted by Gasteiger charge is 2.15. The topological polar surface area (TPSA) is 95.5 Å². The summed E-state index contributed by atoms with van der Waals surface area (Å²) in [5.41, 5.74) is 1.06. The number of phenols is 1. The van der Waals surface area contributed by atoms with Crippen molar-refractivity contribution >= 4 is 27.3 Å². The number of rotatable bonds is 5. The van der Waals surface area contributed by atoms with Crippen LogP contribution in [0.5, 0.6) is 5.75 Å². The number of carbonyl (C=O) groups is 1. The molecule has 1 amide bonds. The molecule has 3 N–H and O–H groups in total. The van der Waals surface area contributed by atoms with Gasteiger partial charge < -0.3 is 10.4 Å². The second kappa shape index (κ2) is 6.47. The van der Waals surface area contributed by atoms with Gasteiger partial charge in [0.2, 0.25) is 10.0 Å². The first-order valence-electron chi connectivity index (χ1n) is 6.43. The third-order valence-electron chi connectivity index (χ3n) is 2.99. The van der Waals surface area contributed by atoms with Crippen LogP contribution in [0.25, 0.3) is 0 Å². The second-order valence-corrected chi connectivity index (χ2v) is 7.91. The molecule has 0 aliphatic heterocycles. The van der Waals surface area contributed by atoms with Gasteiger partial charge in [0.1, 0.15) is 9.96 Å². The molecule has 1 aromatic heterocycles. The second-order valence-electron chi connectivity index (χ2n) is 4.63. The lowest BCUT2D eigenvalue weighted by atomic mass is 10.1. The van der Waals surface area contributed by atoms with Crippen molar-refractivity contribution in [1.29, 1.82) is 0 Å². The van der Waals surface area contributed by atoms with Crippen LogP contribution in [0.15, 0.2) is 34.5 Å². The fourth-order valence-corrected chi connectivity index (χ4v) is 3.93. The maximum absolute atomic E-state index is 12.1. The molecule has 22 heavy (non-hydrogen) atoms. The molecule has 0 aliphatic carbocycles. The minimum atomic E-state index is -3.46. The Balaban J connectivity index is 2.07. The lowest BCUT2D eigenvalue weighted by Crippen LogP contribution is -2.22. The number of aromatic hydroxyl groups is 1. The first-order chi connectivity index (χ1) is 10.3. The normalized spacial score (nSPS) is 11.4. The van der Waals surface area contributed by atoms with Gasteiger partial charge in [-0.2, -0.15) is 0 Å². The lowest BCUT2D eigenvalue weighted by molar-refractivity contribution is 0.0948. The van der Waals surface area contributed by atoms with Crippen LogP contribution in [0.4, 0.5) is 0 Å². The van der Waals surface area contributed by atoms with Crippen LogP contribution in [0.3, 0.4) is 0 Å². The largest absolute Gasteiger partial charge is 0.507 e. The molecular weight excluding hydrogens is 324 g/mol. The van der Waals surface area contributed by atoms with Gasteiger partial charge in [0.15, 0.2) is 0 Å². The quantitative estimate of drug-likeness (QED) is 0.770. The number of hydrogen-bond acceptors (Lipinski definition) is 5. The fraction of sp³-hybridized carbons (Fsp3) is 0.214. The highest BCUT2D eigenvalue weighted by molar-refractivity contribution is 7.91. The van der Waals surface area contributed by atoms with Crippen molar-refractivity contribution in [1.82, 2.24) is 10.0 Å². The van der Waals surface area contributed by atoms with Crippen molar-refractivity contribution < 1.29 is 18.3 Å². The Labute approximate surface area is 132 Å². The van der Waals surface area contributed by atoms with E-state index in [9.17, 15) is 18.3 Å². The molecule has 1 heterocycles. The predicted octanol–water partition coefficient (Wildman–Crippen LogP) is 1.60. The van der Waals surface area contributed by atoms with Gasteiger partial charge in [0, 0.05) is 4.88 Å². The van der Waals surface area contributed by atoms with Gasteiger partial charge in [-0.05, 0) is 38.2 Å². The minimum absolute atomic E-state index is 0.0901. The number of aryl methyl sites for hydroxylation is 1. The van der Waals surface area contributed by atoms with Gasteiger partial charge in [-0.15, -0.1) is 11.3 Å². The van der Waals surface area contributed by atoms with Gasteiger partial charge in [-0.1, -0.05) is 11.6 Å². The van der Waals surface area contributed by atoms with Crippen LogP contribution in [-0.4, -0.2) is 26.5 Å². The average Bonchev–Trinajstić information content (AvgIpc) is 2.97. The van der Waals surface area contributed by atoms with Gasteiger partial charge in [-0.3, -0.25) is 4.79 Å². The van der Waals surface area contributed by atoms with Crippen LogP contribution in [0.1, 0.15) is 20.8 Å². The first-order valence-corrected chi connectivity index (χ1v) is 8.73. The van der Waals surface area contributed by atoms with E-state index >= 15 is 0 Å². The summed E-state index contributed by atoms with van der Waals surface area (Å²) in [4.78, 5) is 12.8. The molecule has 1 aromatic carbocycles. The summed E-state index contributed by atoms with van der Waals surface area (Å²) < 4.78 is 25.7. The summed E-state index contributed by atoms with van der Waals surface area (Å²) in [5.74, 6) is -0.500. The summed E-state index contributed by atoms with van der Waals surface area (Å²) in [5, 5.41) is 12.4. The van der Waals surface area contributed by atoms with Gasteiger partial charge in [0.25, 0.3) is 5.91 Å². The molecule has 0 saturated carbocycles. The molecule has 0 radical (unpaired) electrons. The Morgan fingerprint density at radius 2 is 2.00 bits per heavy atom. The van der Waals surface area contributed by atoms with Gasteiger partial charge in [0.05, 0.1) is 12.1 Å². The smallest absolute Gasteiger partial charge is 0.255 e. The van der Waals surface area contributed by atoms with Crippen molar-refractivity contribution in [2.45, 2.75) is 17.7 Å². The number of benzene rings is 1. The summed E-state index contributed by atoms with van der Waals surface area (Å²) in [6.45, 7) is 2.01. The van der Waals surface area contributed by atoms with E-state index in [2.05, 4.69) is 10.0 Å². The van der Waals surface area contributed by atoms with Crippen molar-refractivity contribution in [3.8, 4) is 5.75 Å². The van der Waals surface area contributed by atoms with Gasteiger partial charge >= 0.3 is 0 Å². The number of amides is 1. The number of thiophene rings is 1. The van der Waals surface area contributed by atoms with E-state index < -0.39 is 15.9 Å². The van der Waals surface area contributed by atoms with Crippen molar-refractivity contribution in [3.05, 3.63) is 46.3 Å². The molecule has 0 fully saturated rings. The zero-order chi connectivity index (χ0) is 16.3. The number of phenolic OH excluding ortho intramolecular Hbond substituents is 1.